The molecule has 0 unspecified atom stereocenters. The molecule has 1 aliphatic rings. The minimum Gasteiger partial charge on any atom is -0.493 e. The first-order valence-corrected chi connectivity index (χ1v) is 8.56. The summed E-state index contributed by atoms with van der Waals surface area (Å²) in [7, 11) is 3.02. The third-order valence-corrected chi connectivity index (χ3v) is 4.79. The van der Waals surface area contributed by atoms with Crippen molar-refractivity contribution in [3.8, 4) is 11.5 Å². The first-order valence-electron chi connectivity index (χ1n) is 7.75. The van der Waals surface area contributed by atoms with Crippen molar-refractivity contribution < 1.29 is 23.5 Å². The van der Waals surface area contributed by atoms with Gasteiger partial charge in [0.1, 0.15) is 5.82 Å². The number of thioether (sulfide) groups is 1. The van der Waals surface area contributed by atoms with Gasteiger partial charge in [-0.2, -0.15) is 0 Å². The molecule has 0 bridgehead atoms. The van der Waals surface area contributed by atoms with Gasteiger partial charge in [0.2, 0.25) is 0 Å². The highest BCUT2D eigenvalue weighted by Gasteiger charge is 2.35. The molecule has 0 aliphatic carbocycles. The first-order chi connectivity index (χ1) is 12.5. The maximum absolute atomic E-state index is 13.8. The Kier molecular flexibility index (Phi) is 5.27. The number of imide groups is 1. The third kappa shape index (κ3) is 3.43. The van der Waals surface area contributed by atoms with Crippen molar-refractivity contribution in [2.24, 2.45) is 0 Å². The topological polar surface area (TPSA) is 55.8 Å². The van der Waals surface area contributed by atoms with E-state index >= 15 is 0 Å². The number of nitrogens with zero attached hydrogens (tertiary/aromatic N) is 1. The molecule has 0 radical (unpaired) electrons. The molecule has 1 fully saturated rings. The van der Waals surface area contributed by atoms with Crippen molar-refractivity contribution in [3.63, 3.8) is 0 Å². The van der Waals surface area contributed by atoms with Crippen LogP contribution in [-0.4, -0.2) is 30.3 Å². The summed E-state index contributed by atoms with van der Waals surface area (Å²) in [4.78, 5) is 26.1. The van der Waals surface area contributed by atoms with Gasteiger partial charge in [-0.25, -0.2) is 4.39 Å². The predicted octanol–water partition coefficient (Wildman–Crippen LogP) is 4.08. The number of para-hydroxylation sites is 1. The van der Waals surface area contributed by atoms with Gasteiger partial charge in [-0.05, 0) is 30.0 Å². The zero-order valence-corrected chi connectivity index (χ0v) is 15.0. The van der Waals surface area contributed by atoms with Crippen LogP contribution in [0.25, 0.3) is 6.08 Å². The van der Waals surface area contributed by atoms with Gasteiger partial charge in [0.05, 0.1) is 25.7 Å². The van der Waals surface area contributed by atoms with Crippen molar-refractivity contribution in [3.05, 3.63) is 64.3 Å². The van der Waals surface area contributed by atoms with Gasteiger partial charge in [-0.3, -0.25) is 14.5 Å². The molecule has 7 heteroatoms. The smallest absolute Gasteiger partial charge is 0.293 e. The zero-order chi connectivity index (χ0) is 18.7. The van der Waals surface area contributed by atoms with Crippen molar-refractivity contribution in [2.45, 2.75) is 6.54 Å². The van der Waals surface area contributed by atoms with Crippen LogP contribution in [0, 0.1) is 5.82 Å². The SMILES string of the molecule is COc1cccc(/C=C2\SC(=O)N(Cc3ccccc3F)C2=O)c1OC. The summed E-state index contributed by atoms with van der Waals surface area (Å²) in [5.41, 5.74) is 0.901. The van der Waals surface area contributed by atoms with E-state index in [-0.39, 0.29) is 17.0 Å². The summed E-state index contributed by atoms with van der Waals surface area (Å²) in [5, 5.41) is -0.439. The molecule has 2 aromatic carbocycles. The van der Waals surface area contributed by atoms with E-state index in [9.17, 15) is 14.0 Å². The van der Waals surface area contributed by atoms with E-state index in [0.29, 0.717) is 17.1 Å². The van der Waals surface area contributed by atoms with E-state index in [1.54, 1.807) is 42.5 Å². The minimum atomic E-state index is -0.465. The molecule has 1 heterocycles. The average Bonchev–Trinajstić information content (AvgIpc) is 2.90. The summed E-state index contributed by atoms with van der Waals surface area (Å²) >= 11 is 0.814. The molecular weight excluding hydrogens is 357 g/mol. The molecule has 134 valence electrons. The van der Waals surface area contributed by atoms with Gasteiger partial charge < -0.3 is 9.47 Å². The van der Waals surface area contributed by atoms with Crippen LogP contribution in [0.1, 0.15) is 11.1 Å². The number of rotatable bonds is 5. The quantitative estimate of drug-likeness (QED) is 0.739. The molecule has 1 saturated heterocycles. The fraction of sp³-hybridized carbons (Fsp3) is 0.158. The molecule has 26 heavy (non-hydrogen) atoms. The molecule has 0 N–H and O–H groups in total. The lowest BCUT2D eigenvalue weighted by Gasteiger charge is -2.13. The Morgan fingerprint density at radius 1 is 1.08 bits per heavy atom. The van der Waals surface area contributed by atoms with E-state index in [1.165, 1.54) is 20.3 Å². The van der Waals surface area contributed by atoms with Crippen LogP contribution in [0.2, 0.25) is 0 Å². The largest absolute Gasteiger partial charge is 0.493 e. The Labute approximate surface area is 154 Å². The van der Waals surface area contributed by atoms with Crippen molar-refractivity contribution in [1.82, 2.24) is 4.90 Å². The lowest BCUT2D eigenvalue weighted by Crippen LogP contribution is -2.27. The summed E-state index contributed by atoms with van der Waals surface area (Å²) < 4.78 is 24.4. The number of hydrogen-bond acceptors (Lipinski definition) is 5. The number of carbonyl (C=O) groups is 2. The molecule has 0 aromatic heterocycles. The lowest BCUT2D eigenvalue weighted by molar-refractivity contribution is -0.123. The monoisotopic (exact) mass is 373 g/mol. The molecule has 2 amide bonds. The molecule has 0 atom stereocenters. The number of halogens is 1. The second kappa shape index (κ2) is 7.61. The Balaban J connectivity index is 1.90. The zero-order valence-electron chi connectivity index (χ0n) is 14.2. The highest BCUT2D eigenvalue weighted by atomic mass is 32.2. The molecule has 0 saturated carbocycles. The van der Waals surface area contributed by atoms with Gasteiger partial charge in [-0.1, -0.05) is 30.3 Å². The van der Waals surface area contributed by atoms with Crippen molar-refractivity contribution in [1.29, 1.82) is 0 Å². The summed E-state index contributed by atoms with van der Waals surface area (Å²) in [6, 6.07) is 11.3. The standard InChI is InChI=1S/C19H16FNO4S/c1-24-15-9-5-7-12(17(15)25-2)10-16-18(22)21(19(23)26-16)11-13-6-3-4-8-14(13)20/h3-10H,11H2,1-2H3/b16-10-. The number of amides is 2. The van der Waals surface area contributed by atoms with Crippen LogP contribution < -0.4 is 9.47 Å². The minimum absolute atomic E-state index is 0.107. The summed E-state index contributed by atoms with van der Waals surface area (Å²) in [5.74, 6) is 0.0702. The fourth-order valence-corrected chi connectivity index (χ4v) is 3.43. The number of benzene rings is 2. The highest BCUT2D eigenvalue weighted by Crippen LogP contribution is 2.37. The highest BCUT2D eigenvalue weighted by molar-refractivity contribution is 8.18. The summed E-state index contributed by atoms with van der Waals surface area (Å²) in [6.07, 6.45) is 1.58. The molecule has 5 nitrogen and oxygen atoms in total. The second-order valence-corrected chi connectivity index (χ2v) is 6.44. The lowest BCUT2D eigenvalue weighted by atomic mass is 10.1. The number of hydrogen-bond donors (Lipinski definition) is 0. The van der Waals surface area contributed by atoms with Gasteiger partial charge in [0.15, 0.2) is 11.5 Å². The number of methoxy groups -OCH3 is 2. The van der Waals surface area contributed by atoms with Gasteiger partial charge in [0.25, 0.3) is 11.1 Å². The van der Waals surface area contributed by atoms with Crippen LogP contribution in [0.3, 0.4) is 0 Å². The van der Waals surface area contributed by atoms with Crippen LogP contribution in [0.5, 0.6) is 11.5 Å². The van der Waals surface area contributed by atoms with E-state index in [2.05, 4.69) is 0 Å². The number of ether oxygens (including phenoxy) is 2. The van der Waals surface area contributed by atoms with Crippen LogP contribution in [0.15, 0.2) is 47.4 Å². The molecular formula is C19H16FNO4S. The molecule has 2 aromatic rings. The average molecular weight is 373 g/mol. The van der Waals surface area contributed by atoms with E-state index in [1.807, 2.05) is 0 Å². The van der Waals surface area contributed by atoms with Gasteiger partial charge in [-0.15, -0.1) is 0 Å². The first kappa shape index (κ1) is 18.0. The van der Waals surface area contributed by atoms with E-state index in [0.717, 1.165) is 16.7 Å². The molecule has 1 aliphatic heterocycles. The maximum atomic E-state index is 13.8. The Morgan fingerprint density at radius 3 is 2.54 bits per heavy atom. The van der Waals surface area contributed by atoms with Crippen LogP contribution in [0.4, 0.5) is 9.18 Å². The Morgan fingerprint density at radius 2 is 1.85 bits per heavy atom. The van der Waals surface area contributed by atoms with Crippen molar-refractivity contribution in [2.75, 3.05) is 14.2 Å². The van der Waals surface area contributed by atoms with Gasteiger partial charge >= 0.3 is 0 Å². The maximum Gasteiger partial charge on any atom is 0.293 e. The molecule has 3 rings (SSSR count). The van der Waals surface area contributed by atoms with Crippen molar-refractivity contribution >= 4 is 29.0 Å². The van der Waals surface area contributed by atoms with Crippen LogP contribution in [-0.2, 0) is 11.3 Å². The normalized spacial score (nSPS) is 15.7. The predicted molar refractivity (Wildman–Crippen MR) is 97.5 cm³/mol. The number of carbonyl (C=O) groups excluding carboxylic acids is 2. The second-order valence-electron chi connectivity index (χ2n) is 5.44. The van der Waals surface area contributed by atoms with Gasteiger partial charge in [0, 0.05) is 11.1 Å². The van der Waals surface area contributed by atoms with E-state index < -0.39 is 17.0 Å². The fourth-order valence-electron chi connectivity index (χ4n) is 2.60. The summed E-state index contributed by atoms with van der Waals surface area (Å²) in [6.45, 7) is -0.107. The molecule has 0 spiro atoms. The Hall–Kier alpha value is -2.80. The van der Waals surface area contributed by atoms with E-state index in [4.69, 9.17) is 9.47 Å². The van der Waals surface area contributed by atoms with Crippen LogP contribution >= 0.6 is 11.8 Å². The Bertz CT molecular complexity index is 897. The third-order valence-electron chi connectivity index (χ3n) is 3.88.